The van der Waals surface area contributed by atoms with Crippen LogP contribution in [0.1, 0.15) is 25.3 Å². The van der Waals surface area contributed by atoms with Gasteiger partial charge in [-0.25, -0.2) is 10.8 Å². The van der Waals surface area contributed by atoms with Crippen LogP contribution in [-0.2, 0) is 0 Å². The minimum absolute atomic E-state index is 0.458. The second-order valence-corrected chi connectivity index (χ2v) is 4.41. The molecule has 1 saturated carbocycles. The topological polar surface area (TPSA) is 53.6 Å². The monoisotopic (exact) mass is 232 g/mol. The number of nitrogens with one attached hydrogen (secondary N) is 1. The zero-order chi connectivity index (χ0) is 12.3. The molecule has 1 aliphatic rings. The summed E-state index contributed by atoms with van der Waals surface area (Å²) in [7, 11) is 0. The summed E-state index contributed by atoms with van der Waals surface area (Å²) in [5, 5.41) is 0. The van der Waals surface area contributed by atoms with E-state index >= 15 is 0 Å². The third-order valence-electron chi connectivity index (χ3n) is 2.87. The van der Waals surface area contributed by atoms with Gasteiger partial charge in [0, 0.05) is 12.2 Å². The molecule has 0 radical (unpaired) electrons. The van der Waals surface area contributed by atoms with Crippen molar-refractivity contribution < 1.29 is 0 Å². The third-order valence-corrected chi connectivity index (χ3v) is 2.87. The third kappa shape index (κ3) is 2.97. The van der Waals surface area contributed by atoms with Gasteiger partial charge in [0.25, 0.3) is 0 Å². The minimum Gasteiger partial charge on any atom is -0.312 e. The Kier molecular flexibility index (Phi) is 3.64. The van der Waals surface area contributed by atoms with Crippen molar-refractivity contribution in [2.75, 3.05) is 11.4 Å². The van der Waals surface area contributed by atoms with Gasteiger partial charge in [0.15, 0.2) is 0 Å². The van der Waals surface area contributed by atoms with E-state index in [9.17, 15) is 0 Å². The van der Waals surface area contributed by atoms with Crippen LogP contribution < -0.4 is 16.2 Å². The largest absolute Gasteiger partial charge is 0.312 e. The van der Waals surface area contributed by atoms with Gasteiger partial charge in [-0.15, -0.1) is 0 Å². The number of anilines is 1. The Bertz CT molecular complexity index is 410. The van der Waals surface area contributed by atoms with E-state index in [2.05, 4.69) is 53.4 Å². The Labute approximate surface area is 102 Å². The van der Waals surface area contributed by atoms with E-state index < -0.39 is 0 Å². The molecule has 4 heteroatoms. The van der Waals surface area contributed by atoms with Crippen LogP contribution in [0.2, 0.25) is 0 Å². The first-order valence-corrected chi connectivity index (χ1v) is 6.13. The van der Waals surface area contributed by atoms with Crippen LogP contribution in [0.5, 0.6) is 0 Å². The number of nitrogens with zero attached hydrogens (tertiary/aromatic N) is 2. The summed E-state index contributed by atoms with van der Waals surface area (Å²) in [5.41, 5.74) is 5.09. The van der Waals surface area contributed by atoms with E-state index in [0.29, 0.717) is 6.04 Å². The first kappa shape index (κ1) is 11.9. The highest BCUT2D eigenvalue weighted by atomic mass is 15.4. The molecule has 4 nitrogen and oxygen atoms in total. The lowest BCUT2D eigenvalue weighted by Gasteiger charge is -2.24. The molecule has 0 aliphatic heterocycles. The maximum absolute atomic E-state index is 5.58. The summed E-state index contributed by atoms with van der Waals surface area (Å²) in [6, 6.07) is 8.82. The molecule has 92 valence electrons. The van der Waals surface area contributed by atoms with Crippen LogP contribution in [0, 0.1) is 6.92 Å². The van der Waals surface area contributed by atoms with Gasteiger partial charge in [0.1, 0.15) is 0 Å². The number of rotatable bonds is 3. The van der Waals surface area contributed by atoms with Crippen molar-refractivity contribution in [1.82, 2.24) is 5.43 Å². The lowest BCUT2D eigenvalue weighted by Crippen LogP contribution is -2.45. The summed E-state index contributed by atoms with van der Waals surface area (Å²) in [4.78, 5) is 6.69. The SMILES string of the molecule is CCN(C(=NC1CC1)NN)c1cccc(C)c1. The number of guanidine groups is 1. The average molecular weight is 232 g/mol. The smallest absolute Gasteiger partial charge is 0.213 e. The Hall–Kier alpha value is -1.55. The summed E-state index contributed by atoms with van der Waals surface area (Å²) < 4.78 is 0. The molecule has 2 rings (SSSR count). The molecule has 0 saturated heterocycles. The molecule has 1 aliphatic carbocycles. The van der Waals surface area contributed by atoms with Gasteiger partial charge < -0.3 is 4.90 Å². The lowest BCUT2D eigenvalue weighted by molar-refractivity contribution is 0.900. The van der Waals surface area contributed by atoms with E-state index in [4.69, 9.17) is 5.84 Å². The molecule has 17 heavy (non-hydrogen) atoms. The molecule has 0 unspecified atom stereocenters. The number of nitrogens with two attached hydrogens (primary N) is 1. The lowest BCUT2D eigenvalue weighted by atomic mass is 10.2. The zero-order valence-electron chi connectivity index (χ0n) is 10.5. The maximum Gasteiger partial charge on any atom is 0.213 e. The van der Waals surface area contributed by atoms with Crippen LogP contribution in [0.3, 0.4) is 0 Å². The Morgan fingerprint density at radius 3 is 2.82 bits per heavy atom. The molecule has 0 bridgehead atoms. The molecule has 1 aromatic carbocycles. The van der Waals surface area contributed by atoms with Crippen molar-refractivity contribution in [2.45, 2.75) is 32.7 Å². The Balaban J connectivity index is 2.24. The zero-order valence-corrected chi connectivity index (χ0v) is 10.5. The van der Waals surface area contributed by atoms with Gasteiger partial charge in [0.2, 0.25) is 5.96 Å². The highest BCUT2D eigenvalue weighted by molar-refractivity contribution is 5.95. The van der Waals surface area contributed by atoms with Crippen LogP contribution in [0.4, 0.5) is 5.69 Å². The number of hydrogen-bond donors (Lipinski definition) is 2. The second kappa shape index (κ2) is 5.19. The quantitative estimate of drug-likeness (QED) is 0.362. The Morgan fingerprint density at radius 1 is 1.53 bits per heavy atom. The average Bonchev–Trinajstić information content (AvgIpc) is 3.13. The molecule has 0 atom stereocenters. The summed E-state index contributed by atoms with van der Waals surface area (Å²) >= 11 is 0. The fourth-order valence-corrected chi connectivity index (χ4v) is 1.81. The number of aryl methyl sites for hydroxylation is 1. The molecular formula is C13H20N4. The normalized spacial score (nSPS) is 15.8. The van der Waals surface area contributed by atoms with Gasteiger partial charge in [-0.1, -0.05) is 12.1 Å². The molecule has 0 aromatic heterocycles. The number of aliphatic imine (C=N–C) groups is 1. The van der Waals surface area contributed by atoms with Crippen molar-refractivity contribution in [1.29, 1.82) is 0 Å². The molecule has 0 spiro atoms. The van der Waals surface area contributed by atoms with Gasteiger partial charge in [0.05, 0.1) is 6.04 Å². The maximum atomic E-state index is 5.58. The van der Waals surface area contributed by atoms with Crippen molar-refractivity contribution in [2.24, 2.45) is 10.8 Å². The Morgan fingerprint density at radius 2 is 2.29 bits per heavy atom. The van der Waals surface area contributed by atoms with Crippen molar-refractivity contribution >= 4 is 11.6 Å². The van der Waals surface area contributed by atoms with Crippen molar-refractivity contribution in [3.63, 3.8) is 0 Å². The molecule has 3 N–H and O–H groups in total. The number of hydrazine groups is 1. The standard InChI is InChI=1S/C13H20N4/c1-3-17(12-6-4-5-10(2)9-12)13(16-14)15-11-7-8-11/h4-6,9,11H,3,7-8,14H2,1-2H3,(H,15,16). The van der Waals surface area contributed by atoms with Gasteiger partial charge in [-0.05, 0) is 44.4 Å². The molecular weight excluding hydrogens is 212 g/mol. The van der Waals surface area contributed by atoms with E-state index in [1.165, 1.54) is 18.4 Å². The highest BCUT2D eigenvalue weighted by Gasteiger charge is 2.22. The van der Waals surface area contributed by atoms with Crippen LogP contribution >= 0.6 is 0 Å². The number of hydrogen-bond acceptors (Lipinski definition) is 2. The second-order valence-electron chi connectivity index (χ2n) is 4.41. The molecule has 1 aromatic rings. The van der Waals surface area contributed by atoms with Gasteiger partial charge >= 0.3 is 0 Å². The van der Waals surface area contributed by atoms with E-state index in [-0.39, 0.29) is 0 Å². The van der Waals surface area contributed by atoms with Crippen molar-refractivity contribution in [3.05, 3.63) is 29.8 Å². The number of benzene rings is 1. The summed E-state index contributed by atoms with van der Waals surface area (Å²) in [5.74, 6) is 6.34. The molecule has 0 heterocycles. The fourth-order valence-electron chi connectivity index (χ4n) is 1.81. The van der Waals surface area contributed by atoms with E-state index in [1.54, 1.807) is 0 Å². The summed E-state index contributed by atoms with van der Waals surface area (Å²) in [6.45, 7) is 5.03. The van der Waals surface area contributed by atoms with Crippen molar-refractivity contribution in [3.8, 4) is 0 Å². The fraction of sp³-hybridized carbons (Fsp3) is 0.462. The van der Waals surface area contributed by atoms with E-state index in [1.807, 2.05) is 0 Å². The highest BCUT2D eigenvalue weighted by Crippen LogP contribution is 2.24. The predicted octanol–water partition coefficient (Wildman–Crippen LogP) is 1.80. The van der Waals surface area contributed by atoms with Crippen LogP contribution in [-0.4, -0.2) is 18.5 Å². The van der Waals surface area contributed by atoms with Gasteiger partial charge in [-0.2, -0.15) is 0 Å². The van der Waals surface area contributed by atoms with Crippen LogP contribution in [0.15, 0.2) is 29.3 Å². The minimum atomic E-state index is 0.458. The molecule has 1 fully saturated rings. The first-order chi connectivity index (χ1) is 8.24. The molecule has 0 amide bonds. The first-order valence-electron chi connectivity index (χ1n) is 6.13. The van der Waals surface area contributed by atoms with E-state index in [0.717, 1.165) is 18.2 Å². The summed E-state index contributed by atoms with van der Waals surface area (Å²) in [6.07, 6.45) is 2.35. The van der Waals surface area contributed by atoms with Crippen LogP contribution in [0.25, 0.3) is 0 Å². The predicted molar refractivity (Wildman–Crippen MR) is 72.0 cm³/mol. The van der Waals surface area contributed by atoms with Gasteiger partial charge in [-0.3, -0.25) is 5.43 Å².